The van der Waals surface area contributed by atoms with E-state index in [-0.39, 0.29) is 17.5 Å². The number of nitrogens with zero attached hydrogens (tertiary/aromatic N) is 3. The predicted octanol–water partition coefficient (Wildman–Crippen LogP) is 1.04. The number of hydrogen-bond acceptors (Lipinski definition) is 7. The van der Waals surface area contributed by atoms with Crippen LogP contribution in [-0.2, 0) is 13.6 Å². The lowest BCUT2D eigenvalue weighted by molar-refractivity contribution is 0.0958. The zero-order valence-corrected chi connectivity index (χ0v) is 17.9. The minimum absolute atomic E-state index is 0.198. The first kappa shape index (κ1) is 20.3. The molecule has 1 unspecified atom stereocenters. The normalized spacial score (nSPS) is 16.8. The van der Waals surface area contributed by atoms with Crippen LogP contribution in [0.1, 0.15) is 27.5 Å². The van der Waals surface area contributed by atoms with Gasteiger partial charge in [0.05, 0.1) is 16.9 Å². The van der Waals surface area contributed by atoms with E-state index in [9.17, 15) is 14.4 Å². The summed E-state index contributed by atoms with van der Waals surface area (Å²) in [7, 11) is 3.07. The van der Waals surface area contributed by atoms with Crippen LogP contribution in [-0.4, -0.2) is 51.5 Å². The number of carbonyl (C=O) groups is 1. The number of thiophene rings is 1. The van der Waals surface area contributed by atoms with E-state index in [2.05, 4.69) is 25.5 Å². The van der Waals surface area contributed by atoms with E-state index in [0.29, 0.717) is 15.9 Å². The Hall–Kier alpha value is -2.98. The number of anilines is 1. The molecule has 0 saturated carbocycles. The van der Waals surface area contributed by atoms with Crippen molar-refractivity contribution in [3.8, 4) is 0 Å². The molecule has 1 aliphatic rings. The van der Waals surface area contributed by atoms with Crippen LogP contribution in [0.3, 0.4) is 0 Å². The van der Waals surface area contributed by atoms with Crippen LogP contribution in [0.25, 0.3) is 10.2 Å². The van der Waals surface area contributed by atoms with Gasteiger partial charge in [0.25, 0.3) is 11.5 Å². The number of pyridine rings is 1. The molecular formula is C20H24N6O3S. The maximum Gasteiger partial charge on any atom is 0.328 e. The molecule has 10 heteroatoms. The maximum absolute atomic E-state index is 12.3. The number of likely N-dealkylation sites (tertiary alicyclic amines) is 1. The van der Waals surface area contributed by atoms with Crippen LogP contribution < -0.4 is 21.9 Å². The molecule has 1 atom stereocenters. The van der Waals surface area contributed by atoms with Crippen molar-refractivity contribution in [1.29, 1.82) is 0 Å². The summed E-state index contributed by atoms with van der Waals surface area (Å²) in [5.74, 6) is -0.198. The van der Waals surface area contributed by atoms with Gasteiger partial charge in [0, 0.05) is 44.6 Å². The Balaban J connectivity index is 1.42. The van der Waals surface area contributed by atoms with E-state index in [0.717, 1.165) is 46.9 Å². The Morgan fingerprint density at radius 3 is 2.90 bits per heavy atom. The summed E-state index contributed by atoms with van der Waals surface area (Å²) >= 11 is 1.43. The fourth-order valence-electron chi connectivity index (χ4n) is 3.72. The lowest BCUT2D eigenvalue weighted by atomic mass is 10.2. The third-order valence-electron chi connectivity index (χ3n) is 5.39. The van der Waals surface area contributed by atoms with E-state index in [4.69, 9.17) is 0 Å². The minimum atomic E-state index is -0.395. The summed E-state index contributed by atoms with van der Waals surface area (Å²) in [4.78, 5) is 46.3. The molecule has 1 saturated heterocycles. The second-order valence-electron chi connectivity index (χ2n) is 7.52. The number of hydrogen-bond donors (Lipinski definition) is 3. The number of fused-ring (bicyclic) bond motifs is 1. The van der Waals surface area contributed by atoms with Crippen molar-refractivity contribution in [2.45, 2.75) is 25.9 Å². The van der Waals surface area contributed by atoms with Crippen molar-refractivity contribution < 1.29 is 4.79 Å². The number of aromatic amines is 1. The van der Waals surface area contributed by atoms with Crippen molar-refractivity contribution in [1.82, 2.24) is 24.8 Å². The molecule has 1 aliphatic heterocycles. The third kappa shape index (κ3) is 3.88. The molecule has 30 heavy (non-hydrogen) atoms. The molecule has 0 bridgehead atoms. The first-order valence-corrected chi connectivity index (χ1v) is 10.6. The number of amides is 1. The van der Waals surface area contributed by atoms with Gasteiger partial charge in [0.1, 0.15) is 10.4 Å². The van der Waals surface area contributed by atoms with Crippen molar-refractivity contribution in [3.05, 3.63) is 55.3 Å². The second kappa shape index (κ2) is 8.04. The molecular weight excluding hydrogens is 404 g/mol. The standard InChI is InChI=1S/C20H24N6O3S/c1-11-14(4-5-15(22-11)18(27)21-2)23-12-6-7-26(9-12)10-13-8-16-17(30-13)19(28)25(3)20(29)24-16/h4-5,8,12,23H,6-7,9-10H2,1-3H3,(H,21,27)(H,24,29). The fraction of sp³-hybridized carbons (Fsp3) is 0.400. The second-order valence-corrected chi connectivity index (χ2v) is 8.66. The summed E-state index contributed by atoms with van der Waals surface area (Å²) in [6.07, 6.45) is 0.986. The summed E-state index contributed by atoms with van der Waals surface area (Å²) in [5, 5.41) is 6.11. The Kier molecular flexibility index (Phi) is 5.44. The summed E-state index contributed by atoms with van der Waals surface area (Å²) < 4.78 is 1.68. The smallest absolute Gasteiger partial charge is 0.328 e. The SMILES string of the molecule is CNC(=O)c1ccc(NC2CCN(Cc3cc4[nH]c(=O)n(C)c(=O)c4s3)C2)c(C)n1. The fourth-order valence-corrected chi connectivity index (χ4v) is 4.85. The van der Waals surface area contributed by atoms with Gasteiger partial charge in [0.15, 0.2) is 0 Å². The lowest BCUT2D eigenvalue weighted by Gasteiger charge is -2.18. The summed E-state index contributed by atoms with van der Waals surface area (Å²) in [6, 6.07) is 5.79. The van der Waals surface area contributed by atoms with Gasteiger partial charge in [-0.25, -0.2) is 9.78 Å². The van der Waals surface area contributed by atoms with Gasteiger partial charge in [-0.1, -0.05) is 0 Å². The van der Waals surface area contributed by atoms with Gasteiger partial charge in [-0.15, -0.1) is 11.3 Å². The first-order valence-electron chi connectivity index (χ1n) is 9.76. The number of rotatable bonds is 5. The molecule has 1 amide bonds. The highest BCUT2D eigenvalue weighted by Crippen LogP contribution is 2.25. The first-order chi connectivity index (χ1) is 14.4. The van der Waals surface area contributed by atoms with Crippen molar-refractivity contribution >= 4 is 33.1 Å². The van der Waals surface area contributed by atoms with E-state index in [1.54, 1.807) is 13.1 Å². The minimum Gasteiger partial charge on any atom is -0.380 e. The van der Waals surface area contributed by atoms with Gasteiger partial charge in [-0.3, -0.25) is 19.1 Å². The van der Waals surface area contributed by atoms with Crippen LogP contribution >= 0.6 is 11.3 Å². The highest BCUT2D eigenvalue weighted by molar-refractivity contribution is 7.18. The molecule has 0 radical (unpaired) electrons. The monoisotopic (exact) mass is 428 g/mol. The van der Waals surface area contributed by atoms with Crippen molar-refractivity contribution in [2.75, 3.05) is 25.5 Å². The predicted molar refractivity (Wildman–Crippen MR) is 117 cm³/mol. The molecule has 0 aliphatic carbocycles. The Morgan fingerprint density at radius 1 is 1.37 bits per heavy atom. The van der Waals surface area contributed by atoms with Crippen LogP contribution in [0.2, 0.25) is 0 Å². The van der Waals surface area contributed by atoms with Gasteiger partial charge in [-0.05, 0) is 31.5 Å². The van der Waals surface area contributed by atoms with Crippen LogP contribution in [0.4, 0.5) is 5.69 Å². The number of H-pyrrole nitrogens is 1. The molecule has 4 heterocycles. The maximum atomic E-state index is 12.3. The summed E-state index contributed by atoms with van der Waals surface area (Å²) in [6.45, 7) is 4.41. The highest BCUT2D eigenvalue weighted by atomic mass is 32.1. The van der Waals surface area contributed by atoms with Crippen LogP contribution in [0.5, 0.6) is 0 Å². The topological polar surface area (TPSA) is 112 Å². The third-order valence-corrected chi connectivity index (χ3v) is 6.49. The molecule has 1 fully saturated rings. The number of nitrogens with one attached hydrogen (secondary N) is 3. The quantitative estimate of drug-likeness (QED) is 0.560. The Bertz CT molecular complexity index is 1230. The average molecular weight is 429 g/mol. The van der Waals surface area contributed by atoms with Gasteiger partial charge in [0.2, 0.25) is 0 Å². The highest BCUT2D eigenvalue weighted by Gasteiger charge is 2.24. The largest absolute Gasteiger partial charge is 0.380 e. The van der Waals surface area contributed by atoms with Crippen molar-refractivity contribution in [3.63, 3.8) is 0 Å². The zero-order chi connectivity index (χ0) is 21.4. The Morgan fingerprint density at radius 2 is 2.17 bits per heavy atom. The number of aryl methyl sites for hydroxylation is 1. The zero-order valence-electron chi connectivity index (χ0n) is 17.1. The number of carbonyl (C=O) groups excluding carboxylic acids is 1. The van der Waals surface area contributed by atoms with Gasteiger partial charge >= 0.3 is 5.69 Å². The van der Waals surface area contributed by atoms with Gasteiger partial charge in [-0.2, -0.15) is 0 Å². The molecule has 0 aromatic carbocycles. The molecule has 9 nitrogen and oxygen atoms in total. The number of aromatic nitrogens is 3. The Labute approximate surface area is 176 Å². The lowest BCUT2D eigenvalue weighted by Crippen LogP contribution is -2.31. The van der Waals surface area contributed by atoms with E-state index < -0.39 is 5.69 Å². The van der Waals surface area contributed by atoms with Crippen LogP contribution in [0.15, 0.2) is 27.8 Å². The van der Waals surface area contributed by atoms with Crippen LogP contribution in [0, 0.1) is 6.92 Å². The molecule has 3 N–H and O–H groups in total. The molecule has 4 rings (SSSR count). The molecule has 3 aromatic rings. The van der Waals surface area contributed by atoms with Crippen molar-refractivity contribution in [2.24, 2.45) is 7.05 Å². The van der Waals surface area contributed by atoms with E-state index >= 15 is 0 Å². The van der Waals surface area contributed by atoms with E-state index in [1.165, 1.54) is 18.4 Å². The van der Waals surface area contributed by atoms with E-state index in [1.807, 2.05) is 19.1 Å². The molecule has 158 valence electrons. The molecule has 0 spiro atoms. The average Bonchev–Trinajstić information content (AvgIpc) is 3.34. The summed E-state index contributed by atoms with van der Waals surface area (Å²) in [5.41, 5.74) is 2.08. The van der Waals surface area contributed by atoms with Gasteiger partial charge < -0.3 is 15.6 Å². The molecule has 3 aromatic heterocycles.